The number of aliphatic imine (C=N–C) groups is 1. The van der Waals surface area contributed by atoms with Gasteiger partial charge in [-0.15, -0.1) is 0 Å². The molecule has 0 aliphatic carbocycles. The normalized spacial score (nSPS) is 14.0. The maximum Gasteiger partial charge on any atom is 0.0936 e. The first-order valence-corrected chi connectivity index (χ1v) is 4.37. The third-order valence-electron chi connectivity index (χ3n) is 1.50. The maximum atomic E-state index is 4.44. The van der Waals surface area contributed by atoms with Crippen molar-refractivity contribution in [2.75, 3.05) is 0 Å². The molecule has 2 nitrogen and oxygen atoms in total. The van der Waals surface area contributed by atoms with Gasteiger partial charge in [0.1, 0.15) is 0 Å². The molecule has 0 amide bonds. The van der Waals surface area contributed by atoms with Crippen LogP contribution < -0.4 is 5.32 Å². The van der Waals surface area contributed by atoms with Crippen LogP contribution in [0.3, 0.4) is 0 Å². The van der Waals surface area contributed by atoms with Crippen molar-refractivity contribution in [2.24, 2.45) is 4.99 Å². The van der Waals surface area contributed by atoms with Gasteiger partial charge in [0.25, 0.3) is 0 Å². The van der Waals surface area contributed by atoms with Crippen LogP contribution >= 0.6 is 0 Å². The number of hydrogen-bond donors (Lipinski definition) is 1. The summed E-state index contributed by atoms with van der Waals surface area (Å²) in [6.45, 7) is 10.5. The Labute approximate surface area is 86.7 Å². The molecule has 73 valence electrons. The van der Waals surface area contributed by atoms with Crippen molar-refractivity contribution >= 4 is 5.84 Å². The minimum absolute atomic E-state index is 0. The molecule has 0 spiro atoms. The zero-order valence-corrected chi connectivity index (χ0v) is 9.87. The van der Waals surface area contributed by atoms with Gasteiger partial charge in [0, 0.05) is 29.2 Å². The fraction of sp³-hybridized carbons (Fsp3) is 0.889. The van der Waals surface area contributed by atoms with Gasteiger partial charge in [0.15, 0.2) is 0 Å². The Hall–Kier alpha value is -0.0105. The molecule has 0 rings (SSSR count). The van der Waals surface area contributed by atoms with E-state index in [1.54, 1.807) is 0 Å². The third kappa shape index (κ3) is 8.09. The van der Waals surface area contributed by atoms with E-state index in [1.807, 2.05) is 6.92 Å². The summed E-state index contributed by atoms with van der Waals surface area (Å²) in [6, 6.07) is 0.934. The summed E-state index contributed by atoms with van der Waals surface area (Å²) in [5.74, 6) is 1.05. The minimum atomic E-state index is 0. The summed E-state index contributed by atoms with van der Waals surface area (Å²) < 4.78 is 0. The zero-order chi connectivity index (χ0) is 8.85. The monoisotopic (exact) mass is 211 g/mol. The third-order valence-corrected chi connectivity index (χ3v) is 1.50. The minimum Gasteiger partial charge on any atom is -0.372 e. The summed E-state index contributed by atoms with van der Waals surface area (Å²) in [7, 11) is 0. The Morgan fingerprint density at radius 2 is 1.83 bits per heavy atom. The number of amidine groups is 1. The molecule has 0 aromatic carbocycles. The van der Waals surface area contributed by atoms with Gasteiger partial charge in [-0.1, -0.05) is 6.92 Å². The molecule has 0 aliphatic heterocycles. The van der Waals surface area contributed by atoms with Crippen molar-refractivity contribution in [3.63, 3.8) is 0 Å². The van der Waals surface area contributed by atoms with E-state index >= 15 is 0 Å². The van der Waals surface area contributed by atoms with Crippen molar-refractivity contribution in [3.05, 3.63) is 0 Å². The molecule has 1 N–H and O–H groups in total. The molecular formula is C9H20MnN2. The van der Waals surface area contributed by atoms with Gasteiger partial charge in [-0.05, 0) is 34.1 Å². The molecule has 1 atom stereocenters. The second kappa shape index (κ2) is 7.63. The van der Waals surface area contributed by atoms with Crippen LogP contribution in [0, 0.1) is 0 Å². The molecule has 0 fully saturated rings. The quantitative estimate of drug-likeness (QED) is 0.432. The van der Waals surface area contributed by atoms with Gasteiger partial charge >= 0.3 is 0 Å². The van der Waals surface area contributed by atoms with Gasteiger partial charge in [0.2, 0.25) is 0 Å². The van der Waals surface area contributed by atoms with Gasteiger partial charge in [-0.25, -0.2) is 0 Å². The Balaban J connectivity index is 0. The summed E-state index contributed by atoms with van der Waals surface area (Å²) >= 11 is 0. The fourth-order valence-corrected chi connectivity index (χ4v) is 0.877. The van der Waals surface area contributed by atoms with Crippen molar-refractivity contribution < 1.29 is 17.1 Å². The molecule has 3 heteroatoms. The molecule has 0 saturated heterocycles. The van der Waals surface area contributed by atoms with E-state index in [9.17, 15) is 0 Å². The zero-order valence-electron chi connectivity index (χ0n) is 8.69. The summed E-state index contributed by atoms with van der Waals surface area (Å²) in [5, 5.41) is 3.26. The Morgan fingerprint density at radius 1 is 1.33 bits per heavy atom. The van der Waals surface area contributed by atoms with Crippen molar-refractivity contribution in [3.8, 4) is 0 Å². The predicted octanol–water partition coefficient (Wildman–Crippen LogP) is 2.20. The Morgan fingerprint density at radius 3 is 2.17 bits per heavy atom. The van der Waals surface area contributed by atoms with Crippen LogP contribution in [0.1, 0.15) is 41.0 Å². The summed E-state index contributed by atoms with van der Waals surface area (Å²) in [4.78, 5) is 4.44. The van der Waals surface area contributed by atoms with Gasteiger partial charge in [-0.2, -0.15) is 0 Å². The van der Waals surface area contributed by atoms with Crippen LogP contribution in [0.25, 0.3) is 0 Å². The number of rotatable bonds is 3. The molecule has 0 aromatic rings. The molecule has 0 saturated carbocycles. The first-order valence-electron chi connectivity index (χ1n) is 4.37. The molecule has 0 heterocycles. The van der Waals surface area contributed by atoms with Crippen LogP contribution in [0.15, 0.2) is 4.99 Å². The molecule has 1 unspecified atom stereocenters. The van der Waals surface area contributed by atoms with Crippen LogP contribution in [0.4, 0.5) is 0 Å². The van der Waals surface area contributed by atoms with Crippen molar-refractivity contribution in [1.29, 1.82) is 0 Å². The largest absolute Gasteiger partial charge is 0.372 e. The molecule has 0 aliphatic rings. The van der Waals surface area contributed by atoms with Gasteiger partial charge in [0.05, 0.1) is 5.84 Å². The summed E-state index contributed by atoms with van der Waals surface area (Å²) in [5.41, 5.74) is 0. The molecular weight excluding hydrogens is 191 g/mol. The SMILES string of the molecule is CCC(C)N=C(C)NC(C)C.[Mn]. The second-order valence-corrected chi connectivity index (χ2v) is 3.27. The number of nitrogens with zero attached hydrogens (tertiary/aromatic N) is 1. The maximum absolute atomic E-state index is 4.44. The van der Waals surface area contributed by atoms with Gasteiger partial charge in [-0.3, -0.25) is 4.99 Å². The first kappa shape index (κ1) is 14.5. The van der Waals surface area contributed by atoms with E-state index < -0.39 is 0 Å². The van der Waals surface area contributed by atoms with Crippen LogP contribution in [0.5, 0.6) is 0 Å². The van der Waals surface area contributed by atoms with E-state index in [2.05, 4.69) is 38.0 Å². The average Bonchev–Trinajstić information content (AvgIpc) is 1.85. The van der Waals surface area contributed by atoms with E-state index in [-0.39, 0.29) is 17.1 Å². The van der Waals surface area contributed by atoms with Crippen LogP contribution in [-0.2, 0) is 17.1 Å². The van der Waals surface area contributed by atoms with Crippen molar-refractivity contribution in [2.45, 2.75) is 53.1 Å². The number of nitrogens with one attached hydrogen (secondary N) is 1. The topological polar surface area (TPSA) is 24.4 Å². The Kier molecular flexibility index (Phi) is 9.22. The van der Waals surface area contributed by atoms with E-state index in [0.29, 0.717) is 12.1 Å². The smallest absolute Gasteiger partial charge is 0.0936 e. The standard InChI is InChI=1S/C9H20N2.Mn/c1-6-8(4)11-9(5)10-7(2)3;/h7-8H,6H2,1-5H3,(H,10,11);. The fourth-order valence-electron chi connectivity index (χ4n) is 0.877. The second-order valence-electron chi connectivity index (χ2n) is 3.27. The van der Waals surface area contributed by atoms with Crippen LogP contribution in [0.2, 0.25) is 0 Å². The van der Waals surface area contributed by atoms with Gasteiger partial charge < -0.3 is 5.32 Å². The van der Waals surface area contributed by atoms with E-state index in [1.165, 1.54) is 0 Å². The van der Waals surface area contributed by atoms with E-state index in [4.69, 9.17) is 0 Å². The summed E-state index contributed by atoms with van der Waals surface area (Å²) in [6.07, 6.45) is 1.11. The number of hydrogen-bond acceptors (Lipinski definition) is 1. The Bertz CT molecular complexity index is 132. The molecule has 12 heavy (non-hydrogen) atoms. The van der Waals surface area contributed by atoms with E-state index in [0.717, 1.165) is 12.3 Å². The van der Waals surface area contributed by atoms with Crippen LogP contribution in [-0.4, -0.2) is 17.9 Å². The average molecular weight is 211 g/mol. The van der Waals surface area contributed by atoms with Crippen molar-refractivity contribution in [1.82, 2.24) is 5.32 Å². The predicted molar refractivity (Wildman–Crippen MR) is 51.1 cm³/mol. The molecule has 1 radical (unpaired) electrons. The molecule has 0 aromatic heterocycles. The molecule has 0 bridgehead atoms. The first-order chi connectivity index (χ1) is 5.06.